The monoisotopic (exact) mass is 346 g/mol. The number of benzene rings is 1. The van der Waals surface area contributed by atoms with Gasteiger partial charge < -0.3 is 9.47 Å². The lowest BCUT2D eigenvalue weighted by Gasteiger charge is -2.18. The summed E-state index contributed by atoms with van der Waals surface area (Å²) in [5, 5.41) is 0. The van der Waals surface area contributed by atoms with E-state index in [-0.39, 0.29) is 36.5 Å². The first-order valence-corrected chi connectivity index (χ1v) is 8.87. The molecule has 1 aromatic rings. The third-order valence-electron chi connectivity index (χ3n) is 3.44. The molecule has 0 aromatic heterocycles. The summed E-state index contributed by atoms with van der Waals surface area (Å²) in [5.41, 5.74) is 1.49. The molecule has 0 N–H and O–H groups in total. The Morgan fingerprint density at radius 3 is 1.60 bits per heavy atom. The average molecular weight is 346 g/mol. The van der Waals surface area contributed by atoms with Crippen LogP contribution in [0, 0.1) is 17.8 Å². The molecule has 0 heterocycles. The number of rotatable bonds is 8. The number of allylic oxidation sites excluding steroid dienone is 1. The second-order valence-electron chi connectivity index (χ2n) is 7.29. The van der Waals surface area contributed by atoms with Gasteiger partial charge in [0.05, 0.1) is 13.2 Å². The maximum absolute atomic E-state index is 12.7. The van der Waals surface area contributed by atoms with Gasteiger partial charge in [0, 0.05) is 0 Å². The van der Waals surface area contributed by atoms with Crippen LogP contribution in [0.25, 0.3) is 5.57 Å². The van der Waals surface area contributed by atoms with Crippen molar-refractivity contribution in [2.24, 2.45) is 17.8 Å². The minimum atomic E-state index is -0.616. The molecule has 138 valence electrons. The SMILES string of the molecule is CC(C)COC(=O)C(C(=O)OCC(C)C)=C(c1ccccc1)C(C)C. The molecule has 0 saturated carbocycles. The van der Waals surface area contributed by atoms with Crippen LogP contribution in [0.4, 0.5) is 0 Å². The normalized spacial score (nSPS) is 10.9. The summed E-state index contributed by atoms with van der Waals surface area (Å²) in [4.78, 5) is 25.3. The lowest BCUT2D eigenvalue weighted by Crippen LogP contribution is -2.24. The molecule has 1 rings (SSSR count). The quantitative estimate of drug-likeness (QED) is 0.301. The van der Waals surface area contributed by atoms with Crippen LogP contribution in [-0.2, 0) is 19.1 Å². The molecule has 0 radical (unpaired) electrons. The van der Waals surface area contributed by atoms with E-state index in [1.54, 1.807) is 0 Å². The molecule has 0 aliphatic heterocycles. The highest BCUT2D eigenvalue weighted by molar-refractivity contribution is 6.20. The summed E-state index contributed by atoms with van der Waals surface area (Å²) < 4.78 is 10.7. The number of carbonyl (C=O) groups is 2. The van der Waals surface area contributed by atoms with Gasteiger partial charge in [0.2, 0.25) is 0 Å². The van der Waals surface area contributed by atoms with E-state index in [4.69, 9.17) is 9.47 Å². The molecule has 0 amide bonds. The Kier molecular flexibility index (Phi) is 8.39. The molecular weight excluding hydrogens is 316 g/mol. The van der Waals surface area contributed by atoms with Crippen LogP contribution in [0.3, 0.4) is 0 Å². The summed E-state index contributed by atoms with van der Waals surface area (Å²) in [5.74, 6) is -0.882. The number of esters is 2. The van der Waals surface area contributed by atoms with E-state index < -0.39 is 11.9 Å². The molecule has 0 aliphatic rings. The maximum Gasteiger partial charge on any atom is 0.345 e. The summed E-state index contributed by atoms with van der Waals surface area (Å²) in [6, 6.07) is 9.44. The molecule has 0 spiro atoms. The molecule has 0 bridgehead atoms. The van der Waals surface area contributed by atoms with E-state index in [9.17, 15) is 9.59 Å². The second kappa shape index (κ2) is 10.0. The molecule has 4 heteroatoms. The second-order valence-corrected chi connectivity index (χ2v) is 7.29. The van der Waals surface area contributed by atoms with E-state index in [1.807, 2.05) is 71.9 Å². The van der Waals surface area contributed by atoms with E-state index in [0.717, 1.165) is 5.56 Å². The number of ether oxygens (including phenoxy) is 2. The zero-order valence-electron chi connectivity index (χ0n) is 16.2. The summed E-state index contributed by atoms with van der Waals surface area (Å²) in [6.07, 6.45) is 0. The van der Waals surface area contributed by atoms with Crippen molar-refractivity contribution < 1.29 is 19.1 Å². The first kappa shape index (κ1) is 20.9. The van der Waals surface area contributed by atoms with Gasteiger partial charge in [-0.05, 0) is 28.9 Å². The van der Waals surface area contributed by atoms with Gasteiger partial charge in [0.1, 0.15) is 5.57 Å². The first-order valence-electron chi connectivity index (χ1n) is 8.87. The van der Waals surface area contributed by atoms with Crippen molar-refractivity contribution >= 4 is 17.5 Å². The Bertz CT molecular complexity index is 572. The van der Waals surface area contributed by atoms with E-state index >= 15 is 0 Å². The Morgan fingerprint density at radius 2 is 1.24 bits per heavy atom. The Balaban J connectivity index is 3.33. The highest BCUT2D eigenvalue weighted by Crippen LogP contribution is 2.28. The van der Waals surface area contributed by atoms with Crippen LogP contribution in [-0.4, -0.2) is 25.2 Å². The van der Waals surface area contributed by atoms with Gasteiger partial charge in [-0.25, -0.2) is 9.59 Å². The molecular formula is C21H30O4. The van der Waals surface area contributed by atoms with Crippen LogP contribution < -0.4 is 0 Å². The van der Waals surface area contributed by atoms with Crippen LogP contribution >= 0.6 is 0 Å². The summed E-state index contributed by atoms with van der Waals surface area (Å²) >= 11 is 0. The van der Waals surface area contributed by atoms with E-state index in [1.165, 1.54) is 0 Å². The van der Waals surface area contributed by atoms with Gasteiger partial charge >= 0.3 is 11.9 Å². The lowest BCUT2D eigenvalue weighted by atomic mass is 9.90. The predicted molar refractivity (Wildman–Crippen MR) is 99.8 cm³/mol. The fourth-order valence-corrected chi connectivity index (χ4v) is 2.32. The van der Waals surface area contributed by atoms with Crippen LogP contribution in [0.1, 0.15) is 47.1 Å². The molecule has 0 saturated heterocycles. The fourth-order valence-electron chi connectivity index (χ4n) is 2.32. The zero-order valence-corrected chi connectivity index (χ0v) is 16.2. The Labute approximate surface area is 151 Å². The van der Waals surface area contributed by atoms with Crippen molar-refractivity contribution in [2.75, 3.05) is 13.2 Å². The van der Waals surface area contributed by atoms with Gasteiger partial charge in [-0.1, -0.05) is 71.9 Å². The van der Waals surface area contributed by atoms with Gasteiger partial charge in [-0.3, -0.25) is 0 Å². The number of carbonyl (C=O) groups excluding carboxylic acids is 2. The molecule has 0 aliphatic carbocycles. The molecule has 25 heavy (non-hydrogen) atoms. The van der Waals surface area contributed by atoms with Crippen molar-refractivity contribution in [3.05, 3.63) is 41.5 Å². The highest BCUT2D eigenvalue weighted by atomic mass is 16.6. The van der Waals surface area contributed by atoms with Crippen LogP contribution in [0.15, 0.2) is 35.9 Å². The van der Waals surface area contributed by atoms with Crippen molar-refractivity contribution in [1.82, 2.24) is 0 Å². The largest absolute Gasteiger partial charge is 0.462 e. The Hall–Kier alpha value is -2.10. The van der Waals surface area contributed by atoms with Crippen LogP contribution in [0.5, 0.6) is 0 Å². The predicted octanol–water partition coefficient (Wildman–Crippen LogP) is 4.49. The first-order chi connectivity index (χ1) is 11.7. The van der Waals surface area contributed by atoms with E-state index in [2.05, 4.69) is 0 Å². The van der Waals surface area contributed by atoms with Crippen molar-refractivity contribution in [3.8, 4) is 0 Å². The molecule has 4 nitrogen and oxygen atoms in total. The summed E-state index contributed by atoms with van der Waals surface area (Å²) in [6.45, 7) is 12.2. The minimum Gasteiger partial charge on any atom is -0.462 e. The topological polar surface area (TPSA) is 52.6 Å². The molecule has 1 aromatic carbocycles. The maximum atomic E-state index is 12.7. The lowest BCUT2D eigenvalue weighted by molar-refractivity contribution is -0.148. The highest BCUT2D eigenvalue weighted by Gasteiger charge is 2.28. The van der Waals surface area contributed by atoms with Gasteiger partial charge in [0.25, 0.3) is 0 Å². The zero-order chi connectivity index (χ0) is 19.0. The average Bonchev–Trinajstić information content (AvgIpc) is 2.55. The fraction of sp³-hybridized carbons (Fsp3) is 0.524. The van der Waals surface area contributed by atoms with Crippen LogP contribution in [0.2, 0.25) is 0 Å². The van der Waals surface area contributed by atoms with Gasteiger partial charge in [-0.15, -0.1) is 0 Å². The minimum absolute atomic E-state index is 0.00231. The Morgan fingerprint density at radius 1 is 0.800 bits per heavy atom. The smallest absolute Gasteiger partial charge is 0.345 e. The number of hydrogen-bond acceptors (Lipinski definition) is 4. The molecule has 0 atom stereocenters. The third kappa shape index (κ3) is 6.73. The van der Waals surface area contributed by atoms with E-state index in [0.29, 0.717) is 5.57 Å². The third-order valence-corrected chi connectivity index (χ3v) is 3.44. The standard InChI is InChI=1S/C21H30O4/c1-14(2)12-24-20(22)19(21(23)25-13-15(3)4)18(16(5)6)17-10-8-7-9-11-17/h7-11,14-16H,12-13H2,1-6H3. The summed E-state index contributed by atoms with van der Waals surface area (Å²) in [7, 11) is 0. The van der Waals surface area contributed by atoms with Crippen molar-refractivity contribution in [1.29, 1.82) is 0 Å². The molecule has 0 unspecified atom stereocenters. The number of hydrogen-bond donors (Lipinski definition) is 0. The van der Waals surface area contributed by atoms with Gasteiger partial charge in [0.15, 0.2) is 0 Å². The van der Waals surface area contributed by atoms with Gasteiger partial charge in [-0.2, -0.15) is 0 Å². The molecule has 0 fully saturated rings. The van der Waals surface area contributed by atoms with Crippen molar-refractivity contribution in [3.63, 3.8) is 0 Å². The van der Waals surface area contributed by atoms with Crippen molar-refractivity contribution in [2.45, 2.75) is 41.5 Å².